The van der Waals surface area contributed by atoms with Crippen molar-refractivity contribution < 1.29 is 75.2 Å². The number of nitrogens with zero attached hydrogens (tertiary/aromatic N) is 6. The van der Waals surface area contributed by atoms with E-state index in [-0.39, 0.29) is 74.1 Å². The summed E-state index contributed by atoms with van der Waals surface area (Å²) in [5.74, 6) is -0.293. The summed E-state index contributed by atoms with van der Waals surface area (Å²) < 4.78 is 82.5. The van der Waals surface area contributed by atoms with Crippen molar-refractivity contribution >= 4 is 64.8 Å². The molecule has 0 bridgehead atoms. The molecule has 0 atom stereocenters. The molecule has 2 heterocycles. The zero-order valence-electron chi connectivity index (χ0n) is 26.7. The Hall–Kier alpha value is -5.08. The first-order valence-corrected chi connectivity index (χ1v) is 16.9. The molecule has 51 heavy (non-hydrogen) atoms. The Morgan fingerprint density at radius 3 is 1.35 bits per heavy atom. The van der Waals surface area contributed by atoms with Crippen LogP contribution in [0.4, 0.5) is 22.7 Å². The number of ether oxygens (including phenoxy) is 2. The SMILES string of the molecule is COc1cc(N=Nc2cc(S(=O)(=O)[O-])c3cccnc3c2O)ccc1-c1ccc(N=Nc2cc(S(=O)(=O)[O-])c3cccnc3c2O)cc1OC.[Na+]. The summed E-state index contributed by atoms with van der Waals surface area (Å²) >= 11 is 0. The molecule has 0 aliphatic heterocycles. The van der Waals surface area contributed by atoms with Crippen LogP contribution in [-0.4, -0.2) is 60.3 Å². The van der Waals surface area contributed by atoms with Crippen LogP contribution in [0.2, 0.25) is 0 Å². The van der Waals surface area contributed by atoms with Gasteiger partial charge in [-0.2, -0.15) is 10.2 Å². The first kappa shape index (κ1) is 37.2. The van der Waals surface area contributed by atoms with Gasteiger partial charge in [-0.15, -0.1) is 10.2 Å². The molecule has 0 saturated carbocycles. The molecule has 16 nitrogen and oxygen atoms in total. The fourth-order valence-corrected chi connectivity index (χ4v) is 6.47. The molecule has 0 aliphatic rings. The Bertz CT molecular complexity index is 2440. The Kier molecular flexibility index (Phi) is 10.7. The number of aromatic hydroxyl groups is 2. The third kappa shape index (κ3) is 7.52. The van der Waals surface area contributed by atoms with Gasteiger partial charge in [0.2, 0.25) is 0 Å². The van der Waals surface area contributed by atoms with Crippen LogP contribution >= 0.6 is 0 Å². The predicted molar refractivity (Wildman–Crippen MR) is 176 cm³/mol. The van der Waals surface area contributed by atoms with Crippen molar-refractivity contribution in [2.24, 2.45) is 20.5 Å². The molecule has 0 aliphatic carbocycles. The monoisotopic (exact) mass is 737 g/mol. The van der Waals surface area contributed by atoms with Gasteiger partial charge in [-0.3, -0.25) is 9.97 Å². The van der Waals surface area contributed by atoms with Crippen LogP contribution in [-0.2, 0) is 20.2 Å². The van der Waals surface area contributed by atoms with E-state index in [2.05, 4.69) is 30.4 Å². The number of rotatable bonds is 9. The van der Waals surface area contributed by atoms with Crippen molar-refractivity contribution in [1.29, 1.82) is 0 Å². The van der Waals surface area contributed by atoms with Crippen molar-refractivity contribution in [3.8, 4) is 34.1 Å². The third-order valence-corrected chi connectivity index (χ3v) is 9.11. The smallest absolute Gasteiger partial charge is 0.744 e. The molecule has 0 saturated heterocycles. The van der Waals surface area contributed by atoms with E-state index >= 15 is 0 Å². The second-order valence-corrected chi connectivity index (χ2v) is 13.1. The van der Waals surface area contributed by atoms with Crippen LogP contribution in [0.25, 0.3) is 32.9 Å². The van der Waals surface area contributed by atoms with Gasteiger partial charge < -0.3 is 28.8 Å². The first-order chi connectivity index (χ1) is 23.8. The molecule has 19 heteroatoms. The van der Waals surface area contributed by atoms with E-state index in [1.807, 2.05) is 0 Å². The Labute approximate surface area is 312 Å². The number of phenols is 2. The number of hydrogen-bond acceptors (Lipinski definition) is 16. The van der Waals surface area contributed by atoms with Crippen molar-refractivity contribution in [2.75, 3.05) is 14.2 Å². The van der Waals surface area contributed by atoms with E-state index in [1.54, 1.807) is 24.3 Å². The number of hydrogen-bond donors (Lipinski definition) is 2. The fourth-order valence-electron chi connectivity index (χ4n) is 5.09. The van der Waals surface area contributed by atoms with Gasteiger partial charge in [0.25, 0.3) is 0 Å². The number of aromatic nitrogens is 2. The first-order valence-electron chi connectivity index (χ1n) is 14.1. The summed E-state index contributed by atoms with van der Waals surface area (Å²) in [5, 5.41) is 37.3. The van der Waals surface area contributed by atoms with Crippen LogP contribution in [0.15, 0.2) is 115 Å². The van der Waals surface area contributed by atoms with Gasteiger partial charge >= 0.3 is 29.6 Å². The minimum absolute atomic E-state index is 0. The van der Waals surface area contributed by atoms with Crippen LogP contribution in [0.3, 0.4) is 0 Å². The van der Waals surface area contributed by atoms with Crippen molar-refractivity contribution in [1.82, 2.24) is 9.97 Å². The van der Waals surface area contributed by atoms with Crippen molar-refractivity contribution in [3.05, 3.63) is 85.2 Å². The number of benzene rings is 4. The van der Waals surface area contributed by atoms with Crippen LogP contribution in [0, 0.1) is 0 Å². The van der Waals surface area contributed by atoms with E-state index in [0.717, 1.165) is 12.1 Å². The number of methoxy groups -OCH3 is 2. The zero-order chi connectivity index (χ0) is 35.8. The maximum Gasteiger partial charge on any atom is 1.00 e. The topological polar surface area (TPSA) is 249 Å². The van der Waals surface area contributed by atoms with Crippen LogP contribution in [0.5, 0.6) is 23.0 Å². The van der Waals surface area contributed by atoms with E-state index in [9.17, 15) is 36.2 Å². The average molecular weight is 738 g/mol. The van der Waals surface area contributed by atoms with E-state index in [1.165, 1.54) is 63.0 Å². The Balaban J connectivity index is 0.00000504. The Morgan fingerprint density at radius 1 is 0.608 bits per heavy atom. The summed E-state index contributed by atoms with van der Waals surface area (Å²) in [6.45, 7) is 0. The van der Waals surface area contributed by atoms with Gasteiger partial charge in [-0.05, 0) is 60.7 Å². The second-order valence-electron chi connectivity index (χ2n) is 10.4. The summed E-state index contributed by atoms with van der Waals surface area (Å²) in [6, 6.07) is 16.8. The molecule has 0 spiro atoms. The van der Waals surface area contributed by atoms with Crippen molar-refractivity contribution in [3.63, 3.8) is 0 Å². The molecular weight excluding hydrogens is 716 g/mol. The Morgan fingerprint density at radius 2 is 1.00 bits per heavy atom. The molecule has 0 amide bonds. The molecule has 0 fully saturated rings. The molecule has 0 unspecified atom stereocenters. The van der Waals surface area contributed by atoms with Crippen LogP contribution < -0.4 is 39.0 Å². The average Bonchev–Trinajstić information content (AvgIpc) is 3.10. The summed E-state index contributed by atoms with van der Waals surface area (Å²) in [7, 11) is -7.04. The van der Waals surface area contributed by atoms with Gasteiger partial charge in [0.15, 0.2) is 11.5 Å². The molecule has 2 aromatic heterocycles. The van der Waals surface area contributed by atoms with Gasteiger partial charge in [0.05, 0.1) is 35.4 Å². The number of phenolic OH excluding ortho intramolecular Hbond substituents is 2. The van der Waals surface area contributed by atoms with Crippen LogP contribution in [0.1, 0.15) is 0 Å². The van der Waals surface area contributed by atoms with E-state index in [0.29, 0.717) is 22.6 Å². The fraction of sp³-hybridized carbons (Fsp3) is 0.0625. The van der Waals surface area contributed by atoms with Gasteiger partial charge in [-0.1, -0.05) is 0 Å². The molecule has 254 valence electrons. The standard InChI is InChI=1S/C32H24N6O10S2.Na/c1-47-25-13-17(35-37-23-15-27(49(41,42)43)21-5-3-11-33-29(21)31(23)39)7-9-19(25)20-10-8-18(14-26(20)48-2)36-38-24-16-28(50(44,45)46)22-6-4-12-34-30(22)32(24)40;/h3-16,39-40H,1-2H3,(H,41,42,43)(H,44,45,46);/q;+1/p-2. The molecule has 6 rings (SSSR count). The van der Waals surface area contributed by atoms with Gasteiger partial charge in [-0.25, -0.2) is 16.8 Å². The minimum atomic E-state index is -4.94. The normalized spacial score (nSPS) is 12.1. The molecule has 6 aromatic rings. The summed E-state index contributed by atoms with van der Waals surface area (Å²) in [6.07, 6.45) is 2.65. The summed E-state index contributed by atoms with van der Waals surface area (Å²) in [5.41, 5.74) is 0.733. The molecule has 2 N–H and O–H groups in total. The van der Waals surface area contributed by atoms with E-state index < -0.39 is 41.5 Å². The summed E-state index contributed by atoms with van der Waals surface area (Å²) in [4.78, 5) is 6.73. The molecule has 0 radical (unpaired) electrons. The quantitative estimate of drug-likeness (QED) is 0.123. The maximum atomic E-state index is 11.9. The number of pyridine rings is 2. The number of azo groups is 2. The van der Waals surface area contributed by atoms with Crippen molar-refractivity contribution in [2.45, 2.75) is 9.79 Å². The predicted octanol–water partition coefficient (Wildman–Crippen LogP) is 3.52. The molecule has 4 aromatic carbocycles. The molecular formula is C32H22N6NaO10S2-. The second kappa shape index (κ2) is 14.6. The number of fused-ring (bicyclic) bond motifs is 2. The van der Waals surface area contributed by atoms with E-state index in [4.69, 9.17) is 9.47 Å². The largest absolute Gasteiger partial charge is 1.00 e. The zero-order valence-corrected chi connectivity index (χ0v) is 30.4. The third-order valence-electron chi connectivity index (χ3n) is 7.36. The van der Waals surface area contributed by atoms with Gasteiger partial charge in [0, 0.05) is 46.4 Å². The minimum Gasteiger partial charge on any atom is -0.744 e. The maximum absolute atomic E-state index is 11.9. The van der Waals surface area contributed by atoms with Gasteiger partial charge in [0.1, 0.15) is 54.1 Å².